The molecule has 1 N–H and O–H groups in total. The lowest BCUT2D eigenvalue weighted by Crippen LogP contribution is -2.61. The van der Waals surface area contributed by atoms with Gasteiger partial charge in [-0.15, -0.1) is 0 Å². The van der Waals surface area contributed by atoms with Crippen molar-refractivity contribution in [1.82, 2.24) is 4.90 Å². The number of aliphatic hydroxyl groups excluding tert-OH is 1. The molecule has 0 bridgehead atoms. The van der Waals surface area contributed by atoms with E-state index in [0.717, 1.165) is 32.4 Å². The van der Waals surface area contributed by atoms with Gasteiger partial charge in [0, 0.05) is 19.1 Å². The number of aliphatic hydroxyl groups is 1. The molecule has 3 heteroatoms. The summed E-state index contributed by atoms with van der Waals surface area (Å²) in [7, 11) is 0. The van der Waals surface area contributed by atoms with Gasteiger partial charge in [0.15, 0.2) is 0 Å². The van der Waals surface area contributed by atoms with Gasteiger partial charge in [-0.1, -0.05) is 20.3 Å². The summed E-state index contributed by atoms with van der Waals surface area (Å²) >= 11 is 0. The lowest BCUT2D eigenvalue weighted by Gasteiger charge is -2.50. The zero-order valence-corrected chi connectivity index (χ0v) is 13.0. The topological polar surface area (TPSA) is 32.7 Å². The highest BCUT2D eigenvalue weighted by Gasteiger charge is 2.41. The van der Waals surface area contributed by atoms with Crippen LogP contribution in [0, 0.1) is 0 Å². The van der Waals surface area contributed by atoms with Gasteiger partial charge in [-0.25, -0.2) is 0 Å². The zero-order chi connectivity index (χ0) is 14.0. The first-order valence-electron chi connectivity index (χ1n) is 7.33. The molecule has 2 atom stereocenters. The fourth-order valence-corrected chi connectivity index (χ4v) is 3.34. The average Bonchev–Trinajstić information content (AvgIpc) is 2.13. The number of morpholine rings is 1. The molecule has 1 heterocycles. The van der Waals surface area contributed by atoms with Crippen LogP contribution in [0.2, 0.25) is 0 Å². The lowest BCUT2D eigenvalue weighted by atomic mass is 9.94. The molecule has 0 spiro atoms. The molecule has 0 aliphatic carbocycles. The number of rotatable bonds is 5. The summed E-state index contributed by atoms with van der Waals surface area (Å²) < 4.78 is 6.10. The third-order valence-electron chi connectivity index (χ3n) is 3.64. The highest BCUT2D eigenvalue weighted by molar-refractivity contribution is 4.93. The minimum absolute atomic E-state index is 0.138. The van der Waals surface area contributed by atoms with Crippen molar-refractivity contribution in [3.63, 3.8) is 0 Å². The molecule has 0 amide bonds. The Morgan fingerprint density at radius 2 is 1.61 bits per heavy atom. The highest BCUT2D eigenvalue weighted by atomic mass is 16.5. The van der Waals surface area contributed by atoms with Gasteiger partial charge in [-0.2, -0.15) is 0 Å². The van der Waals surface area contributed by atoms with E-state index in [2.05, 4.69) is 46.4 Å². The van der Waals surface area contributed by atoms with Gasteiger partial charge in [-0.05, 0) is 40.5 Å². The third kappa shape index (κ3) is 4.22. The quantitative estimate of drug-likeness (QED) is 0.822. The van der Waals surface area contributed by atoms with E-state index in [9.17, 15) is 5.11 Å². The van der Waals surface area contributed by atoms with Crippen LogP contribution >= 0.6 is 0 Å². The van der Waals surface area contributed by atoms with Crippen LogP contribution in [0.25, 0.3) is 0 Å². The highest BCUT2D eigenvalue weighted by Crippen LogP contribution is 2.30. The number of hydrogen-bond acceptors (Lipinski definition) is 3. The first-order valence-corrected chi connectivity index (χ1v) is 7.33. The molecule has 1 aliphatic rings. The molecular weight excluding hydrogens is 226 g/mol. The summed E-state index contributed by atoms with van der Waals surface area (Å²) in [5, 5.41) is 10.3. The van der Waals surface area contributed by atoms with Crippen LogP contribution < -0.4 is 0 Å². The van der Waals surface area contributed by atoms with Gasteiger partial charge in [0.25, 0.3) is 0 Å². The van der Waals surface area contributed by atoms with Crippen molar-refractivity contribution in [2.45, 2.75) is 84.2 Å². The SMILES string of the molecule is CCCC(O)C(CC)N1CC(C)(C)OC(C)(C)C1. The molecule has 3 nitrogen and oxygen atoms in total. The molecular formula is C15H31NO2. The molecule has 0 aromatic rings. The number of hydrogen-bond donors (Lipinski definition) is 1. The van der Waals surface area contributed by atoms with E-state index in [1.54, 1.807) is 0 Å². The Bertz CT molecular complexity index is 247. The van der Waals surface area contributed by atoms with Gasteiger partial charge in [0.05, 0.1) is 17.3 Å². The van der Waals surface area contributed by atoms with Gasteiger partial charge in [-0.3, -0.25) is 4.90 Å². The Hall–Kier alpha value is -0.120. The van der Waals surface area contributed by atoms with Crippen LogP contribution in [0.1, 0.15) is 60.8 Å². The summed E-state index contributed by atoms with van der Waals surface area (Å²) in [6, 6.07) is 0.257. The summed E-state index contributed by atoms with van der Waals surface area (Å²) in [6.45, 7) is 14.6. The Labute approximate surface area is 113 Å². The van der Waals surface area contributed by atoms with Crippen molar-refractivity contribution in [3.05, 3.63) is 0 Å². The normalized spacial score (nSPS) is 26.8. The fraction of sp³-hybridized carbons (Fsp3) is 1.00. The van der Waals surface area contributed by atoms with E-state index in [1.807, 2.05) is 0 Å². The second kappa shape index (κ2) is 5.89. The monoisotopic (exact) mass is 257 g/mol. The molecule has 1 saturated heterocycles. The number of nitrogens with zero attached hydrogens (tertiary/aromatic N) is 1. The van der Waals surface area contributed by atoms with Crippen molar-refractivity contribution in [1.29, 1.82) is 0 Å². The predicted octanol–water partition coefficient (Wildman–Crippen LogP) is 2.82. The summed E-state index contributed by atoms with van der Waals surface area (Å²) in [6.07, 6.45) is 2.70. The maximum atomic E-state index is 10.3. The van der Waals surface area contributed by atoms with E-state index >= 15 is 0 Å². The first-order chi connectivity index (χ1) is 8.21. The van der Waals surface area contributed by atoms with Gasteiger partial charge in [0.1, 0.15) is 0 Å². The second-order valence-electron chi connectivity index (χ2n) is 6.86. The van der Waals surface area contributed by atoms with E-state index in [0.29, 0.717) is 0 Å². The molecule has 1 aliphatic heterocycles. The van der Waals surface area contributed by atoms with Crippen LogP contribution in [0.5, 0.6) is 0 Å². The Kier molecular flexibility index (Phi) is 5.22. The van der Waals surface area contributed by atoms with Gasteiger partial charge >= 0.3 is 0 Å². The standard InChI is InChI=1S/C15H31NO2/c1-7-9-13(17)12(8-2)16-10-14(3,4)18-15(5,6)11-16/h12-13,17H,7-11H2,1-6H3. The van der Waals surface area contributed by atoms with Crippen LogP contribution in [0.3, 0.4) is 0 Å². The van der Waals surface area contributed by atoms with Crippen LogP contribution in [0.4, 0.5) is 0 Å². The molecule has 0 aromatic carbocycles. The zero-order valence-electron chi connectivity index (χ0n) is 13.0. The summed E-state index contributed by atoms with van der Waals surface area (Å²) in [4.78, 5) is 2.42. The molecule has 108 valence electrons. The molecule has 0 saturated carbocycles. The molecule has 2 unspecified atom stereocenters. The van der Waals surface area contributed by atoms with Crippen molar-refractivity contribution < 1.29 is 9.84 Å². The maximum absolute atomic E-state index is 10.3. The smallest absolute Gasteiger partial charge is 0.0760 e. The molecule has 18 heavy (non-hydrogen) atoms. The van der Waals surface area contributed by atoms with Gasteiger partial charge in [0.2, 0.25) is 0 Å². The average molecular weight is 257 g/mol. The lowest BCUT2D eigenvalue weighted by molar-refractivity contribution is -0.194. The van der Waals surface area contributed by atoms with E-state index in [4.69, 9.17) is 4.74 Å². The van der Waals surface area contributed by atoms with E-state index < -0.39 is 0 Å². The van der Waals surface area contributed by atoms with Crippen LogP contribution in [-0.2, 0) is 4.74 Å². The van der Waals surface area contributed by atoms with Gasteiger partial charge < -0.3 is 9.84 Å². The molecule has 1 fully saturated rings. The van der Waals surface area contributed by atoms with Crippen molar-refractivity contribution in [2.24, 2.45) is 0 Å². The summed E-state index contributed by atoms with van der Waals surface area (Å²) in [5.74, 6) is 0. The van der Waals surface area contributed by atoms with E-state index in [1.165, 1.54) is 0 Å². The predicted molar refractivity (Wildman–Crippen MR) is 75.8 cm³/mol. The molecule has 1 rings (SSSR count). The Balaban J connectivity index is 2.79. The maximum Gasteiger partial charge on any atom is 0.0760 e. The third-order valence-corrected chi connectivity index (χ3v) is 3.64. The van der Waals surface area contributed by atoms with E-state index in [-0.39, 0.29) is 23.3 Å². The largest absolute Gasteiger partial charge is 0.391 e. The van der Waals surface area contributed by atoms with Crippen molar-refractivity contribution in [2.75, 3.05) is 13.1 Å². The fourth-order valence-electron chi connectivity index (χ4n) is 3.34. The molecule has 0 aromatic heterocycles. The molecule has 0 radical (unpaired) electrons. The first kappa shape index (κ1) is 15.9. The van der Waals surface area contributed by atoms with Crippen molar-refractivity contribution in [3.8, 4) is 0 Å². The number of ether oxygens (including phenoxy) is 1. The van der Waals surface area contributed by atoms with Crippen molar-refractivity contribution >= 4 is 0 Å². The minimum Gasteiger partial charge on any atom is -0.391 e. The summed E-state index contributed by atoms with van der Waals surface area (Å²) in [5.41, 5.74) is -0.276. The van der Waals surface area contributed by atoms with Crippen LogP contribution in [-0.4, -0.2) is 46.4 Å². The Morgan fingerprint density at radius 3 is 2.00 bits per heavy atom. The Morgan fingerprint density at radius 1 is 1.11 bits per heavy atom. The minimum atomic E-state index is -0.218. The second-order valence-corrected chi connectivity index (χ2v) is 6.86. The van der Waals surface area contributed by atoms with Crippen LogP contribution in [0.15, 0.2) is 0 Å².